The molecule has 3 rings (SSSR count). The number of ether oxygens (including phenoxy) is 1. The van der Waals surface area contributed by atoms with E-state index in [9.17, 15) is 9.59 Å². The number of hydrogen-bond donors (Lipinski definition) is 3. The molecule has 0 aliphatic rings. The predicted molar refractivity (Wildman–Crippen MR) is 111 cm³/mol. The minimum atomic E-state index is -0.670. The number of anilines is 1. The Hall–Kier alpha value is -3.59. The van der Waals surface area contributed by atoms with E-state index in [-0.39, 0.29) is 11.8 Å². The fourth-order valence-electron chi connectivity index (χ4n) is 2.63. The first-order chi connectivity index (χ1) is 14.5. The van der Waals surface area contributed by atoms with Crippen LogP contribution in [0.5, 0.6) is 5.75 Å². The monoisotopic (exact) mass is 429 g/mol. The largest absolute Gasteiger partial charge is 0.497 e. The quantitative estimate of drug-likeness (QED) is 0.530. The van der Waals surface area contributed by atoms with Gasteiger partial charge in [-0.1, -0.05) is 23.7 Å². The Morgan fingerprint density at radius 3 is 2.43 bits per heavy atom. The third-order valence-corrected chi connectivity index (χ3v) is 4.42. The lowest BCUT2D eigenvalue weighted by molar-refractivity contribution is 0.0926. The Morgan fingerprint density at radius 2 is 1.80 bits per heavy atom. The molecule has 1 atom stereocenters. The molecule has 0 spiro atoms. The Labute approximate surface area is 177 Å². The number of methoxy groups -OCH3 is 1. The van der Waals surface area contributed by atoms with E-state index in [1.807, 2.05) is 24.3 Å². The van der Waals surface area contributed by atoms with Gasteiger partial charge in [0.15, 0.2) is 0 Å². The van der Waals surface area contributed by atoms with Crippen LogP contribution in [-0.2, 0) is 6.42 Å². The molecule has 1 heterocycles. The molecule has 1 unspecified atom stereocenters. The second kappa shape index (κ2) is 9.75. The van der Waals surface area contributed by atoms with E-state index in [4.69, 9.17) is 20.8 Å². The lowest BCUT2D eigenvalue weighted by atomic mass is 10.1. The van der Waals surface area contributed by atoms with Crippen molar-refractivity contribution in [2.24, 2.45) is 0 Å². The summed E-state index contributed by atoms with van der Waals surface area (Å²) in [5.41, 5.74) is 1.46. The average Bonchev–Trinajstić information content (AvgIpc) is 3.25. The minimum absolute atomic E-state index is 0.107. The van der Waals surface area contributed by atoms with E-state index < -0.39 is 18.0 Å². The van der Waals surface area contributed by atoms with Crippen molar-refractivity contribution in [3.05, 3.63) is 70.9 Å². The highest BCUT2D eigenvalue weighted by molar-refractivity contribution is 6.30. The van der Waals surface area contributed by atoms with Gasteiger partial charge < -0.3 is 25.1 Å². The van der Waals surface area contributed by atoms with Crippen molar-refractivity contribution >= 4 is 29.2 Å². The third-order valence-electron chi connectivity index (χ3n) is 4.17. The zero-order valence-corrected chi connectivity index (χ0v) is 17.1. The van der Waals surface area contributed by atoms with E-state index >= 15 is 0 Å². The van der Waals surface area contributed by atoms with Crippen LogP contribution in [-0.4, -0.2) is 36.3 Å². The summed E-state index contributed by atoms with van der Waals surface area (Å²) in [5.74, 6) is 0.119. The molecule has 2 aromatic carbocycles. The highest BCUT2D eigenvalue weighted by Crippen LogP contribution is 2.21. The van der Waals surface area contributed by atoms with Crippen LogP contribution < -0.4 is 20.7 Å². The molecule has 0 aliphatic heterocycles. The van der Waals surface area contributed by atoms with E-state index in [0.29, 0.717) is 22.9 Å². The number of carbonyl (C=O) groups excluding carboxylic acids is 2. The number of rotatable bonds is 7. The van der Waals surface area contributed by atoms with Crippen LogP contribution in [0.15, 0.2) is 52.9 Å². The van der Waals surface area contributed by atoms with Crippen LogP contribution in [0.1, 0.15) is 28.2 Å². The fraction of sp³-hybridized carbons (Fsp3) is 0.200. The van der Waals surface area contributed by atoms with Crippen molar-refractivity contribution in [2.75, 3.05) is 19.5 Å². The van der Waals surface area contributed by atoms with Crippen molar-refractivity contribution in [1.82, 2.24) is 20.8 Å². The molecule has 3 amide bonds. The van der Waals surface area contributed by atoms with Crippen LogP contribution in [0.4, 0.5) is 10.5 Å². The topological polar surface area (TPSA) is 118 Å². The predicted octanol–water partition coefficient (Wildman–Crippen LogP) is 3.20. The van der Waals surface area contributed by atoms with E-state index in [0.717, 1.165) is 5.56 Å². The molecule has 3 N–H and O–H groups in total. The van der Waals surface area contributed by atoms with Gasteiger partial charge in [-0.3, -0.25) is 4.79 Å². The van der Waals surface area contributed by atoms with Crippen LogP contribution in [0, 0.1) is 0 Å². The molecule has 0 bridgehead atoms. The van der Waals surface area contributed by atoms with E-state index in [1.54, 1.807) is 31.4 Å². The van der Waals surface area contributed by atoms with Crippen LogP contribution >= 0.6 is 11.6 Å². The summed E-state index contributed by atoms with van der Waals surface area (Å²) in [4.78, 5) is 24.3. The molecule has 156 valence electrons. The maximum Gasteiger partial charge on any atom is 0.319 e. The highest BCUT2D eigenvalue weighted by Gasteiger charge is 2.23. The summed E-state index contributed by atoms with van der Waals surface area (Å²) in [6, 6.07) is 12.9. The molecule has 0 fully saturated rings. The van der Waals surface area contributed by atoms with Crippen molar-refractivity contribution in [3.63, 3.8) is 0 Å². The van der Waals surface area contributed by atoms with Crippen molar-refractivity contribution in [3.8, 4) is 5.75 Å². The summed E-state index contributed by atoms with van der Waals surface area (Å²) in [7, 11) is 3.04. The second-order valence-corrected chi connectivity index (χ2v) is 6.67. The molecule has 0 saturated carbocycles. The smallest absolute Gasteiger partial charge is 0.319 e. The highest BCUT2D eigenvalue weighted by atomic mass is 35.5. The zero-order chi connectivity index (χ0) is 21.5. The number of aromatic nitrogens is 2. The van der Waals surface area contributed by atoms with Gasteiger partial charge in [-0.15, -0.1) is 10.2 Å². The lowest BCUT2D eigenvalue weighted by Gasteiger charge is -2.16. The number of benzene rings is 2. The summed E-state index contributed by atoms with van der Waals surface area (Å²) in [5, 5.41) is 16.2. The standard InChI is InChI=1S/C20H20ClN5O4/c1-22-17(27)19-26-25-18(30-19)16(11-12-3-9-15(29-2)10-4-12)24-20(28)23-14-7-5-13(21)6-8-14/h3-10,16H,11H2,1-2H3,(H,22,27)(H2,23,24,28). The molecule has 1 aromatic heterocycles. The van der Waals surface area contributed by atoms with Gasteiger partial charge in [-0.2, -0.15) is 0 Å². The van der Waals surface area contributed by atoms with Gasteiger partial charge in [0.05, 0.1) is 7.11 Å². The summed E-state index contributed by atoms with van der Waals surface area (Å²) in [6.07, 6.45) is 0.355. The van der Waals surface area contributed by atoms with Gasteiger partial charge in [-0.25, -0.2) is 4.79 Å². The SMILES string of the molecule is CNC(=O)c1nnc(C(Cc2ccc(OC)cc2)NC(=O)Nc2ccc(Cl)cc2)o1. The Kier molecular flexibility index (Phi) is 6.87. The average molecular weight is 430 g/mol. The maximum absolute atomic E-state index is 12.5. The van der Waals surface area contributed by atoms with E-state index in [2.05, 4.69) is 26.1 Å². The number of amides is 3. The Morgan fingerprint density at radius 1 is 1.10 bits per heavy atom. The van der Waals surface area contributed by atoms with Gasteiger partial charge >= 0.3 is 17.8 Å². The van der Waals surface area contributed by atoms with Crippen molar-refractivity contribution in [2.45, 2.75) is 12.5 Å². The zero-order valence-electron chi connectivity index (χ0n) is 16.3. The third kappa shape index (κ3) is 5.48. The maximum atomic E-state index is 12.5. The molecule has 0 saturated heterocycles. The van der Waals surface area contributed by atoms with E-state index in [1.165, 1.54) is 7.05 Å². The summed E-state index contributed by atoms with van der Waals surface area (Å²) in [6.45, 7) is 0. The van der Waals surface area contributed by atoms with Crippen molar-refractivity contribution < 1.29 is 18.7 Å². The molecule has 10 heteroatoms. The molecule has 0 radical (unpaired) electrons. The number of carbonyl (C=O) groups is 2. The number of halogens is 1. The van der Waals surface area contributed by atoms with Gasteiger partial charge in [-0.05, 0) is 42.0 Å². The Bertz CT molecular complexity index is 1000. The first-order valence-corrected chi connectivity index (χ1v) is 9.37. The summed E-state index contributed by atoms with van der Waals surface area (Å²) < 4.78 is 10.6. The normalized spacial score (nSPS) is 11.4. The molecular formula is C20H20ClN5O4. The molecule has 30 heavy (non-hydrogen) atoms. The second-order valence-electron chi connectivity index (χ2n) is 6.23. The Balaban J connectivity index is 1.78. The fourth-order valence-corrected chi connectivity index (χ4v) is 2.76. The van der Waals surface area contributed by atoms with Gasteiger partial charge in [0, 0.05) is 24.2 Å². The summed E-state index contributed by atoms with van der Waals surface area (Å²) >= 11 is 5.87. The lowest BCUT2D eigenvalue weighted by Crippen LogP contribution is -2.34. The molecule has 0 aliphatic carbocycles. The number of urea groups is 1. The number of nitrogens with one attached hydrogen (secondary N) is 3. The van der Waals surface area contributed by atoms with Crippen LogP contribution in [0.3, 0.4) is 0 Å². The van der Waals surface area contributed by atoms with Crippen molar-refractivity contribution in [1.29, 1.82) is 0 Å². The van der Waals surface area contributed by atoms with Crippen LogP contribution in [0.2, 0.25) is 5.02 Å². The number of nitrogens with zero attached hydrogens (tertiary/aromatic N) is 2. The molecule has 9 nitrogen and oxygen atoms in total. The van der Waals surface area contributed by atoms with Gasteiger partial charge in [0.1, 0.15) is 11.8 Å². The minimum Gasteiger partial charge on any atom is -0.497 e. The van der Waals surface area contributed by atoms with Crippen LogP contribution in [0.25, 0.3) is 0 Å². The molecular weight excluding hydrogens is 410 g/mol. The number of hydrogen-bond acceptors (Lipinski definition) is 6. The first kappa shape index (κ1) is 21.1. The molecule has 3 aromatic rings. The first-order valence-electron chi connectivity index (χ1n) is 9.00. The van der Waals surface area contributed by atoms with Gasteiger partial charge in [0.2, 0.25) is 5.89 Å². The van der Waals surface area contributed by atoms with Gasteiger partial charge in [0.25, 0.3) is 0 Å².